The van der Waals surface area contributed by atoms with E-state index >= 15 is 0 Å². The van der Waals surface area contributed by atoms with Crippen LogP contribution in [0, 0.1) is 13.8 Å². The van der Waals surface area contributed by atoms with Crippen molar-refractivity contribution in [3.8, 4) is 0 Å². The van der Waals surface area contributed by atoms with Gasteiger partial charge in [-0.15, -0.1) is 11.6 Å². The van der Waals surface area contributed by atoms with E-state index in [0.717, 1.165) is 12.4 Å². The molecule has 0 radical (unpaired) electrons. The topological polar surface area (TPSA) is 30.7 Å². The van der Waals surface area contributed by atoms with Crippen LogP contribution < -0.4 is 0 Å². The average molecular weight is 236 g/mol. The monoisotopic (exact) mass is 235 g/mol. The van der Waals surface area contributed by atoms with E-state index in [1.54, 1.807) is 6.33 Å². The molecular weight excluding hydrogens is 222 g/mol. The Bertz CT molecular complexity index is 491. The molecule has 1 aromatic carbocycles. The van der Waals surface area contributed by atoms with Crippen LogP contribution in [0.5, 0.6) is 0 Å². The molecular formula is C12H14ClN3. The molecule has 84 valence electrons. The van der Waals surface area contributed by atoms with Crippen molar-refractivity contribution in [2.75, 3.05) is 0 Å². The zero-order valence-electron chi connectivity index (χ0n) is 9.44. The number of rotatable bonds is 3. The van der Waals surface area contributed by atoms with Gasteiger partial charge >= 0.3 is 0 Å². The molecule has 16 heavy (non-hydrogen) atoms. The third-order valence-electron chi connectivity index (χ3n) is 2.64. The summed E-state index contributed by atoms with van der Waals surface area (Å²) in [6.07, 6.45) is 1.54. The van der Waals surface area contributed by atoms with Gasteiger partial charge in [0.1, 0.15) is 12.2 Å². The fourth-order valence-electron chi connectivity index (χ4n) is 1.66. The van der Waals surface area contributed by atoms with Crippen molar-refractivity contribution in [3.05, 3.63) is 47.0 Å². The number of nitrogens with zero attached hydrogens (tertiary/aromatic N) is 3. The maximum absolute atomic E-state index is 5.79. The summed E-state index contributed by atoms with van der Waals surface area (Å²) in [5, 5.41) is 4.17. The van der Waals surface area contributed by atoms with Crippen molar-refractivity contribution in [1.82, 2.24) is 14.8 Å². The number of halogens is 1. The van der Waals surface area contributed by atoms with E-state index in [2.05, 4.69) is 42.1 Å². The van der Waals surface area contributed by atoms with Gasteiger partial charge in [0.15, 0.2) is 0 Å². The maximum Gasteiger partial charge on any atom is 0.142 e. The number of hydrogen-bond acceptors (Lipinski definition) is 2. The SMILES string of the molecule is Cc1ccc(C)c(Cn2ncnc2CCl)c1. The Balaban J connectivity index is 2.30. The predicted octanol–water partition coefficient (Wildman–Crippen LogP) is 2.68. The van der Waals surface area contributed by atoms with E-state index in [9.17, 15) is 0 Å². The molecule has 0 unspecified atom stereocenters. The van der Waals surface area contributed by atoms with Gasteiger partial charge in [0.25, 0.3) is 0 Å². The van der Waals surface area contributed by atoms with E-state index in [1.165, 1.54) is 16.7 Å². The van der Waals surface area contributed by atoms with Gasteiger partial charge in [-0.3, -0.25) is 0 Å². The molecule has 3 nitrogen and oxygen atoms in total. The molecule has 0 fully saturated rings. The lowest BCUT2D eigenvalue weighted by Crippen LogP contribution is -2.07. The van der Waals surface area contributed by atoms with Gasteiger partial charge in [-0.05, 0) is 25.0 Å². The summed E-state index contributed by atoms with van der Waals surface area (Å²) in [6, 6.07) is 6.42. The second-order valence-electron chi connectivity index (χ2n) is 3.90. The Kier molecular flexibility index (Phi) is 3.25. The molecule has 0 aliphatic rings. The molecule has 0 aliphatic heterocycles. The molecule has 2 aromatic rings. The van der Waals surface area contributed by atoms with E-state index in [0.29, 0.717) is 5.88 Å². The van der Waals surface area contributed by atoms with Crippen LogP contribution in [0.3, 0.4) is 0 Å². The minimum Gasteiger partial charge on any atom is -0.244 e. The Morgan fingerprint density at radius 1 is 1.31 bits per heavy atom. The minimum atomic E-state index is 0.394. The highest BCUT2D eigenvalue weighted by molar-refractivity contribution is 6.16. The van der Waals surface area contributed by atoms with Crippen LogP contribution in [0.2, 0.25) is 0 Å². The lowest BCUT2D eigenvalue weighted by molar-refractivity contribution is 0.653. The highest BCUT2D eigenvalue weighted by Crippen LogP contribution is 2.13. The quantitative estimate of drug-likeness (QED) is 0.766. The van der Waals surface area contributed by atoms with Crippen LogP contribution in [0.4, 0.5) is 0 Å². The molecule has 0 bridgehead atoms. The van der Waals surface area contributed by atoms with Crippen molar-refractivity contribution < 1.29 is 0 Å². The summed E-state index contributed by atoms with van der Waals surface area (Å²) in [6.45, 7) is 4.92. The fraction of sp³-hybridized carbons (Fsp3) is 0.333. The molecule has 4 heteroatoms. The van der Waals surface area contributed by atoms with Gasteiger partial charge in [0.2, 0.25) is 0 Å². The standard InChI is InChI=1S/C12H14ClN3/c1-9-3-4-10(2)11(5-9)7-16-12(6-13)14-8-15-16/h3-5,8H,6-7H2,1-2H3. The summed E-state index contributed by atoms with van der Waals surface area (Å²) >= 11 is 5.79. The summed E-state index contributed by atoms with van der Waals surface area (Å²) in [5.74, 6) is 1.20. The summed E-state index contributed by atoms with van der Waals surface area (Å²) in [4.78, 5) is 4.10. The molecule has 1 heterocycles. The minimum absolute atomic E-state index is 0.394. The lowest BCUT2D eigenvalue weighted by atomic mass is 10.1. The Labute approximate surface area is 100 Å². The van der Waals surface area contributed by atoms with Crippen LogP contribution in [-0.4, -0.2) is 14.8 Å². The first-order valence-electron chi connectivity index (χ1n) is 5.19. The van der Waals surface area contributed by atoms with Crippen LogP contribution in [0.15, 0.2) is 24.5 Å². The molecule has 0 saturated carbocycles. The molecule has 0 aliphatic carbocycles. The smallest absolute Gasteiger partial charge is 0.142 e. The highest BCUT2D eigenvalue weighted by atomic mass is 35.5. The fourth-order valence-corrected chi connectivity index (χ4v) is 1.86. The predicted molar refractivity (Wildman–Crippen MR) is 64.6 cm³/mol. The largest absolute Gasteiger partial charge is 0.244 e. The molecule has 2 rings (SSSR count). The number of alkyl halides is 1. The average Bonchev–Trinajstić information content (AvgIpc) is 2.71. The van der Waals surface area contributed by atoms with Crippen molar-refractivity contribution in [1.29, 1.82) is 0 Å². The molecule has 1 aromatic heterocycles. The summed E-state index contributed by atoms with van der Waals surface area (Å²) in [5.41, 5.74) is 3.78. The molecule has 0 atom stereocenters. The maximum atomic E-state index is 5.79. The van der Waals surface area contributed by atoms with Crippen molar-refractivity contribution in [2.45, 2.75) is 26.3 Å². The van der Waals surface area contributed by atoms with Gasteiger partial charge in [-0.2, -0.15) is 5.10 Å². The molecule has 0 N–H and O–H groups in total. The van der Waals surface area contributed by atoms with Gasteiger partial charge in [-0.25, -0.2) is 9.67 Å². The number of hydrogen-bond donors (Lipinski definition) is 0. The van der Waals surface area contributed by atoms with Crippen LogP contribution in [0.25, 0.3) is 0 Å². The second-order valence-corrected chi connectivity index (χ2v) is 4.16. The molecule has 0 amide bonds. The second kappa shape index (κ2) is 4.66. The van der Waals surface area contributed by atoms with Gasteiger partial charge in [0, 0.05) is 0 Å². The van der Waals surface area contributed by atoms with E-state index in [1.807, 2.05) is 4.68 Å². The summed E-state index contributed by atoms with van der Waals surface area (Å²) < 4.78 is 1.84. The normalized spacial score (nSPS) is 10.7. The van der Waals surface area contributed by atoms with Gasteiger partial charge in [0.05, 0.1) is 12.4 Å². The first-order chi connectivity index (χ1) is 7.70. The Morgan fingerprint density at radius 3 is 2.88 bits per heavy atom. The van der Waals surface area contributed by atoms with Crippen LogP contribution in [0.1, 0.15) is 22.5 Å². The van der Waals surface area contributed by atoms with Crippen molar-refractivity contribution >= 4 is 11.6 Å². The zero-order chi connectivity index (χ0) is 11.5. The first-order valence-corrected chi connectivity index (χ1v) is 5.73. The zero-order valence-corrected chi connectivity index (χ0v) is 10.2. The molecule has 0 saturated heterocycles. The van der Waals surface area contributed by atoms with E-state index in [4.69, 9.17) is 11.6 Å². The van der Waals surface area contributed by atoms with Gasteiger partial charge in [-0.1, -0.05) is 23.8 Å². The first kappa shape index (κ1) is 11.1. The van der Waals surface area contributed by atoms with Crippen molar-refractivity contribution in [2.24, 2.45) is 0 Å². The summed E-state index contributed by atoms with van der Waals surface area (Å²) in [7, 11) is 0. The number of benzene rings is 1. The molecule has 0 spiro atoms. The Hall–Kier alpha value is -1.35. The highest BCUT2D eigenvalue weighted by Gasteiger charge is 2.05. The van der Waals surface area contributed by atoms with Crippen LogP contribution in [-0.2, 0) is 12.4 Å². The number of aromatic nitrogens is 3. The number of aryl methyl sites for hydroxylation is 2. The third kappa shape index (κ3) is 2.25. The third-order valence-corrected chi connectivity index (χ3v) is 2.88. The Morgan fingerprint density at radius 2 is 2.12 bits per heavy atom. The lowest BCUT2D eigenvalue weighted by Gasteiger charge is -2.08. The van der Waals surface area contributed by atoms with E-state index < -0.39 is 0 Å². The van der Waals surface area contributed by atoms with Crippen LogP contribution >= 0.6 is 11.6 Å². The van der Waals surface area contributed by atoms with Crippen molar-refractivity contribution in [3.63, 3.8) is 0 Å². The van der Waals surface area contributed by atoms with Gasteiger partial charge < -0.3 is 0 Å². The van der Waals surface area contributed by atoms with E-state index in [-0.39, 0.29) is 0 Å².